The summed E-state index contributed by atoms with van der Waals surface area (Å²) in [6.07, 6.45) is 1.97. The minimum Gasteiger partial charge on any atom is -0.493 e. The van der Waals surface area contributed by atoms with E-state index in [0.29, 0.717) is 12.3 Å². The van der Waals surface area contributed by atoms with Crippen LogP contribution in [0.5, 0.6) is 11.5 Å². The summed E-state index contributed by atoms with van der Waals surface area (Å²) in [4.78, 5) is 23.8. The highest BCUT2D eigenvalue weighted by atomic mass is 16.6. The van der Waals surface area contributed by atoms with E-state index in [2.05, 4.69) is 9.88 Å². The van der Waals surface area contributed by atoms with Crippen molar-refractivity contribution < 1.29 is 23.9 Å². The normalized spacial score (nSPS) is 10.8. The number of fused-ring (bicyclic) bond motifs is 1. The van der Waals surface area contributed by atoms with Crippen molar-refractivity contribution in [2.75, 3.05) is 32.8 Å². The number of nitrogens with one attached hydrogen (secondary N) is 1. The summed E-state index contributed by atoms with van der Waals surface area (Å²) in [5, 5.41) is 15.3. The summed E-state index contributed by atoms with van der Waals surface area (Å²) in [6.45, 7) is 3.37. The number of anilines is 1. The number of hydrogen-bond donors (Lipinski definition) is 1. The lowest BCUT2D eigenvalue weighted by Gasteiger charge is -2.13. The van der Waals surface area contributed by atoms with E-state index in [0.717, 1.165) is 17.4 Å². The average Bonchev–Trinajstić information content (AvgIpc) is 3.15. The first-order valence-electron chi connectivity index (χ1n) is 9.36. The molecule has 2 aromatic carbocycles. The predicted molar refractivity (Wildman–Crippen MR) is 113 cm³/mol. The number of ether oxygens (including phenoxy) is 3. The van der Waals surface area contributed by atoms with Crippen LogP contribution in [-0.4, -0.2) is 42.8 Å². The first kappa shape index (κ1) is 21.1. The maximum Gasteiger partial charge on any atom is 0.286 e. The van der Waals surface area contributed by atoms with E-state index in [-0.39, 0.29) is 29.4 Å². The van der Waals surface area contributed by atoms with E-state index in [1.165, 1.54) is 26.4 Å². The van der Waals surface area contributed by atoms with Gasteiger partial charge in [-0.2, -0.15) is 0 Å². The maximum absolute atomic E-state index is 12.8. The molecule has 3 rings (SSSR count). The summed E-state index contributed by atoms with van der Waals surface area (Å²) < 4.78 is 17.7. The van der Waals surface area contributed by atoms with Crippen molar-refractivity contribution in [3.05, 3.63) is 58.3 Å². The van der Waals surface area contributed by atoms with Crippen molar-refractivity contribution in [1.82, 2.24) is 4.57 Å². The van der Waals surface area contributed by atoms with Crippen molar-refractivity contribution in [3.8, 4) is 11.5 Å². The fourth-order valence-corrected chi connectivity index (χ4v) is 3.14. The third-order valence-electron chi connectivity index (χ3n) is 4.64. The predicted octanol–water partition coefficient (Wildman–Crippen LogP) is 3.86. The molecule has 1 N–H and O–H groups in total. The Morgan fingerprint density at radius 2 is 1.93 bits per heavy atom. The number of benzene rings is 2. The summed E-state index contributed by atoms with van der Waals surface area (Å²) in [5.41, 5.74) is 1.08. The number of aromatic nitrogens is 1. The lowest BCUT2D eigenvalue weighted by atomic mass is 10.1. The Morgan fingerprint density at radius 3 is 2.60 bits per heavy atom. The molecule has 1 aromatic heterocycles. The van der Waals surface area contributed by atoms with Gasteiger partial charge in [-0.05, 0) is 31.2 Å². The van der Waals surface area contributed by atoms with Gasteiger partial charge in [-0.25, -0.2) is 0 Å². The van der Waals surface area contributed by atoms with E-state index < -0.39 is 10.8 Å². The summed E-state index contributed by atoms with van der Waals surface area (Å²) in [7, 11) is 2.92. The summed E-state index contributed by atoms with van der Waals surface area (Å²) in [6, 6.07) is 9.93. The Morgan fingerprint density at radius 1 is 1.13 bits per heavy atom. The van der Waals surface area contributed by atoms with Gasteiger partial charge in [0.2, 0.25) is 0 Å². The molecule has 0 saturated heterocycles. The highest BCUT2D eigenvalue weighted by Gasteiger charge is 2.25. The second kappa shape index (κ2) is 9.27. The first-order valence-corrected chi connectivity index (χ1v) is 9.36. The molecule has 158 valence electrons. The van der Waals surface area contributed by atoms with Crippen LogP contribution >= 0.6 is 0 Å². The second-order valence-corrected chi connectivity index (χ2v) is 6.45. The summed E-state index contributed by atoms with van der Waals surface area (Å²) >= 11 is 0. The molecule has 0 atom stereocenters. The van der Waals surface area contributed by atoms with Crippen LogP contribution < -0.4 is 14.8 Å². The Bertz CT molecular complexity index is 1080. The molecule has 9 nitrogen and oxygen atoms in total. The standard InChI is InChI=1S/C21H23N3O6/c1-4-23-8-7-14-11-15(5-6-17(14)23)22-21(25)16-12-19(29-3)20(30-10-9-28-2)13-18(16)24(26)27/h5-8,11-13H,4,9-10H2,1-3H3,(H,22,25). The summed E-state index contributed by atoms with van der Waals surface area (Å²) in [5.74, 6) is -0.227. The van der Waals surface area contributed by atoms with Gasteiger partial charge >= 0.3 is 0 Å². The monoisotopic (exact) mass is 413 g/mol. The van der Waals surface area contributed by atoms with Crippen LogP contribution in [0.4, 0.5) is 11.4 Å². The number of carbonyl (C=O) groups excluding carboxylic acids is 1. The van der Waals surface area contributed by atoms with Gasteiger partial charge in [0.1, 0.15) is 12.2 Å². The minimum absolute atomic E-state index is 0.123. The van der Waals surface area contributed by atoms with Crippen LogP contribution in [0.15, 0.2) is 42.6 Å². The molecule has 3 aromatic rings. The van der Waals surface area contributed by atoms with Crippen molar-refractivity contribution >= 4 is 28.2 Å². The van der Waals surface area contributed by atoms with Crippen LogP contribution in [0.2, 0.25) is 0 Å². The number of nitro benzene ring substituents is 1. The van der Waals surface area contributed by atoms with Crippen molar-refractivity contribution in [3.63, 3.8) is 0 Å². The lowest BCUT2D eigenvalue weighted by molar-refractivity contribution is -0.385. The van der Waals surface area contributed by atoms with Crippen LogP contribution in [-0.2, 0) is 11.3 Å². The third-order valence-corrected chi connectivity index (χ3v) is 4.64. The van der Waals surface area contributed by atoms with E-state index in [1.807, 2.05) is 31.3 Å². The number of hydrogen-bond acceptors (Lipinski definition) is 6. The van der Waals surface area contributed by atoms with Gasteiger partial charge in [-0.1, -0.05) is 0 Å². The van der Waals surface area contributed by atoms with Gasteiger partial charge in [0.25, 0.3) is 11.6 Å². The van der Waals surface area contributed by atoms with E-state index >= 15 is 0 Å². The van der Waals surface area contributed by atoms with Crippen LogP contribution in [0, 0.1) is 10.1 Å². The molecule has 0 saturated carbocycles. The van der Waals surface area contributed by atoms with Gasteiger partial charge in [-0.3, -0.25) is 14.9 Å². The number of amides is 1. The van der Waals surface area contributed by atoms with Crippen molar-refractivity contribution in [1.29, 1.82) is 0 Å². The minimum atomic E-state index is -0.623. The second-order valence-electron chi connectivity index (χ2n) is 6.45. The highest BCUT2D eigenvalue weighted by Crippen LogP contribution is 2.35. The zero-order chi connectivity index (χ0) is 21.7. The largest absolute Gasteiger partial charge is 0.493 e. The molecular formula is C21H23N3O6. The van der Waals surface area contributed by atoms with Crippen molar-refractivity contribution in [2.45, 2.75) is 13.5 Å². The van der Waals surface area contributed by atoms with Crippen LogP contribution in [0.1, 0.15) is 17.3 Å². The maximum atomic E-state index is 12.8. The molecule has 0 aliphatic heterocycles. The molecule has 0 fully saturated rings. The number of nitro groups is 1. The topological polar surface area (TPSA) is 105 Å². The molecule has 0 unspecified atom stereocenters. The molecule has 0 aliphatic rings. The lowest BCUT2D eigenvalue weighted by Crippen LogP contribution is -2.15. The SMILES string of the molecule is CCn1ccc2cc(NC(=O)c3cc(OC)c(OCCOC)cc3[N+](=O)[O-])ccc21. The van der Waals surface area contributed by atoms with Gasteiger partial charge in [0.05, 0.1) is 24.7 Å². The molecule has 9 heteroatoms. The van der Waals surface area contributed by atoms with Gasteiger partial charge in [-0.15, -0.1) is 0 Å². The van der Waals surface area contributed by atoms with Crippen LogP contribution in [0.3, 0.4) is 0 Å². The first-order chi connectivity index (χ1) is 14.5. The van der Waals surface area contributed by atoms with E-state index in [9.17, 15) is 14.9 Å². The third kappa shape index (κ3) is 4.36. The molecular weight excluding hydrogens is 390 g/mol. The smallest absolute Gasteiger partial charge is 0.286 e. The van der Waals surface area contributed by atoms with Gasteiger partial charge in [0, 0.05) is 42.5 Å². The Labute approximate surface area is 173 Å². The van der Waals surface area contributed by atoms with Gasteiger partial charge in [0.15, 0.2) is 11.5 Å². The molecule has 0 aliphatic carbocycles. The van der Waals surface area contributed by atoms with E-state index in [4.69, 9.17) is 14.2 Å². The number of carbonyl (C=O) groups is 1. The average molecular weight is 413 g/mol. The molecule has 1 heterocycles. The Balaban J connectivity index is 1.91. The Kier molecular flexibility index (Phi) is 6.53. The number of aryl methyl sites for hydroxylation is 1. The number of rotatable bonds is 9. The number of nitrogens with zero attached hydrogens (tertiary/aromatic N) is 2. The van der Waals surface area contributed by atoms with Crippen LogP contribution in [0.25, 0.3) is 10.9 Å². The fourth-order valence-electron chi connectivity index (χ4n) is 3.14. The zero-order valence-electron chi connectivity index (χ0n) is 17.0. The fraction of sp³-hybridized carbons (Fsp3) is 0.286. The molecule has 0 bridgehead atoms. The number of methoxy groups -OCH3 is 2. The Hall–Kier alpha value is -3.59. The molecule has 30 heavy (non-hydrogen) atoms. The quantitative estimate of drug-likeness (QED) is 0.324. The highest BCUT2D eigenvalue weighted by molar-refractivity contribution is 6.08. The molecule has 0 spiro atoms. The van der Waals surface area contributed by atoms with Gasteiger partial charge < -0.3 is 24.1 Å². The molecule has 0 radical (unpaired) electrons. The molecule has 1 amide bonds. The zero-order valence-corrected chi connectivity index (χ0v) is 17.0. The van der Waals surface area contributed by atoms with Crippen molar-refractivity contribution in [2.24, 2.45) is 0 Å². The van der Waals surface area contributed by atoms with E-state index in [1.54, 1.807) is 6.07 Å².